The van der Waals surface area contributed by atoms with Gasteiger partial charge in [-0.05, 0) is 61.4 Å². The predicted molar refractivity (Wildman–Crippen MR) is 76.7 cm³/mol. The molecule has 1 heterocycles. The van der Waals surface area contributed by atoms with E-state index in [1.807, 2.05) is 12.1 Å². The number of fused-ring (bicyclic) bond motifs is 1. The average Bonchev–Trinajstić information content (AvgIpc) is 2.46. The van der Waals surface area contributed by atoms with Crippen LogP contribution in [0.1, 0.15) is 47.3 Å². The monoisotopic (exact) mass is 260 g/mol. The maximum absolute atomic E-state index is 7.33. The van der Waals surface area contributed by atoms with Gasteiger partial charge in [-0.15, -0.1) is 0 Å². The highest BCUT2D eigenvalue weighted by Gasteiger charge is 2.51. The second-order valence-electron chi connectivity index (χ2n) is 6.44. The molecule has 1 saturated carbocycles. The molecule has 2 fully saturated rings. The summed E-state index contributed by atoms with van der Waals surface area (Å²) < 4.78 is 27.2. The lowest BCUT2D eigenvalue weighted by Crippen LogP contribution is -2.59. The Bertz CT molecular complexity index is 582. The Balaban J connectivity index is 1.78. The SMILES string of the molecule is [2H]C([2H])([2H])Oc1ccc2c(c1)[C@]13CCCC[C@@H]1[C@H](C2)NCC3. The van der Waals surface area contributed by atoms with Crippen molar-refractivity contribution >= 4 is 0 Å². The number of nitrogens with one attached hydrogen (secondary N) is 1. The normalized spacial score (nSPS) is 39.3. The second kappa shape index (κ2) is 4.24. The number of methoxy groups -OCH3 is 1. The molecule has 0 spiro atoms. The van der Waals surface area contributed by atoms with Gasteiger partial charge in [0, 0.05) is 11.5 Å². The minimum Gasteiger partial charge on any atom is -0.497 e. The molecule has 1 aliphatic heterocycles. The number of hydrogen-bond donors (Lipinski definition) is 1. The molecule has 1 aromatic carbocycles. The molecular weight excluding hydrogens is 234 g/mol. The third-order valence-electron chi connectivity index (χ3n) is 5.74. The van der Waals surface area contributed by atoms with E-state index in [1.54, 1.807) is 0 Å². The second-order valence-corrected chi connectivity index (χ2v) is 6.44. The Kier molecular flexibility index (Phi) is 2.01. The van der Waals surface area contributed by atoms with Crippen molar-refractivity contribution in [3.63, 3.8) is 0 Å². The summed E-state index contributed by atoms with van der Waals surface area (Å²) in [7, 11) is -2.37. The fourth-order valence-corrected chi connectivity index (χ4v) is 4.97. The van der Waals surface area contributed by atoms with E-state index in [-0.39, 0.29) is 5.41 Å². The van der Waals surface area contributed by atoms with E-state index in [1.165, 1.54) is 43.2 Å². The molecule has 102 valence electrons. The van der Waals surface area contributed by atoms with E-state index < -0.39 is 7.04 Å². The van der Waals surface area contributed by atoms with Gasteiger partial charge in [0.15, 0.2) is 0 Å². The van der Waals surface area contributed by atoms with Gasteiger partial charge < -0.3 is 10.1 Å². The van der Waals surface area contributed by atoms with Gasteiger partial charge in [0.25, 0.3) is 0 Å². The Morgan fingerprint density at radius 2 is 2.37 bits per heavy atom. The van der Waals surface area contributed by atoms with Crippen LogP contribution in [0.3, 0.4) is 0 Å². The molecule has 1 aromatic rings. The Hall–Kier alpha value is -1.02. The molecule has 3 aliphatic rings. The third kappa shape index (κ3) is 1.59. The van der Waals surface area contributed by atoms with E-state index in [0.29, 0.717) is 17.7 Å². The molecule has 0 unspecified atom stereocenters. The van der Waals surface area contributed by atoms with E-state index >= 15 is 0 Å². The molecule has 19 heavy (non-hydrogen) atoms. The lowest BCUT2D eigenvalue weighted by molar-refractivity contribution is 0.0795. The number of rotatable bonds is 1. The standard InChI is InChI=1S/C17H23NO/c1-19-13-6-5-12-10-16-14-4-2-3-7-17(14,8-9-18-16)15(12)11-13/h5-6,11,14,16,18H,2-4,7-10H2,1H3/t14-,16+,17+/m1/s1/i1D3. The molecule has 0 amide bonds. The van der Waals surface area contributed by atoms with E-state index in [9.17, 15) is 0 Å². The topological polar surface area (TPSA) is 21.3 Å². The fraction of sp³-hybridized carbons (Fsp3) is 0.647. The highest BCUT2D eigenvalue weighted by molar-refractivity contribution is 5.45. The van der Waals surface area contributed by atoms with Crippen LogP contribution in [0.5, 0.6) is 5.75 Å². The molecule has 1 saturated heterocycles. The summed E-state index contributed by atoms with van der Waals surface area (Å²) in [6, 6.07) is 6.53. The number of ether oxygens (including phenoxy) is 1. The maximum Gasteiger partial charge on any atom is 0.119 e. The van der Waals surface area contributed by atoms with Crippen LogP contribution in [-0.2, 0) is 11.8 Å². The Labute approximate surface area is 119 Å². The van der Waals surface area contributed by atoms with Gasteiger partial charge in [-0.1, -0.05) is 18.9 Å². The molecule has 0 aromatic heterocycles. The predicted octanol–water partition coefficient (Wildman–Crippen LogP) is 3.04. The van der Waals surface area contributed by atoms with Crippen molar-refractivity contribution in [1.82, 2.24) is 5.32 Å². The van der Waals surface area contributed by atoms with Crippen LogP contribution in [0.25, 0.3) is 0 Å². The number of benzene rings is 1. The molecule has 4 rings (SSSR count). The summed E-state index contributed by atoms with van der Waals surface area (Å²) >= 11 is 0. The summed E-state index contributed by atoms with van der Waals surface area (Å²) in [5.41, 5.74) is 3.00. The molecular formula is C17H23NO. The van der Waals surface area contributed by atoms with E-state index in [4.69, 9.17) is 8.85 Å². The van der Waals surface area contributed by atoms with Gasteiger partial charge in [0.2, 0.25) is 0 Å². The Morgan fingerprint density at radius 1 is 1.37 bits per heavy atom. The highest BCUT2D eigenvalue weighted by atomic mass is 16.5. The zero-order valence-electron chi connectivity index (χ0n) is 14.2. The van der Waals surface area contributed by atoms with Crippen molar-refractivity contribution in [2.75, 3.05) is 13.6 Å². The van der Waals surface area contributed by atoms with Crippen molar-refractivity contribution in [1.29, 1.82) is 0 Å². The summed E-state index contributed by atoms with van der Waals surface area (Å²) in [5, 5.41) is 3.72. The van der Waals surface area contributed by atoms with Crippen molar-refractivity contribution in [2.45, 2.75) is 50.0 Å². The summed E-state index contributed by atoms with van der Waals surface area (Å²) in [5.74, 6) is 1.19. The van der Waals surface area contributed by atoms with Crippen LogP contribution in [0.15, 0.2) is 18.2 Å². The molecule has 2 bridgehead atoms. The van der Waals surface area contributed by atoms with Crippen molar-refractivity contribution in [3.05, 3.63) is 29.3 Å². The summed E-state index contributed by atoms with van der Waals surface area (Å²) in [6.45, 7) is 1.07. The minimum absolute atomic E-state index is 0.246. The van der Waals surface area contributed by atoms with E-state index in [2.05, 4.69) is 11.4 Å². The van der Waals surface area contributed by atoms with Gasteiger partial charge >= 0.3 is 0 Å². The molecule has 2 nitrogen and oxygen atoms in total. The molecule has 0 radical (unpaired) electrons. The van der Waals surface area contributed by atoms with Crippen LogP contribution >= 0.6 is 0 Å². The molecule has 1 N–H and O–H groups in total. The number of hydrogen-bond acceptors (Lipinski definition) is 2. The quantitative estimate of drug-likeness (QED) is 0.838. The maximum atomic E-state index is 7.33. The lowest BCUT2D eigenvalue weighted by atomic mass is 9.53. The van der Waals surface area contributed by atoms with Crippen molar-refractivity contribution in [3.8, 4) is 5.75 Å². The van der Waals surface area contributed by atoms with Gasteiger partial charge in [-0.2, -0.15) is 0 Å². The largest absolute Gasteiger partial charge is 0.497 e. The smallest absolute Gasteiger partial charge is 0.119 e. The van der Waals surface area contributed by atoms with Crippen LogP contribution in [0.4, 0.5) is 0 Å². The van der Waals surface area contributed by atoms with Crippen LogP contribution < -0.4 is 10.1 Å². The summed E-state index contributed by atoms with van der Waals surface area (Å²) in [4.78, 5) is 0. The highest BCUT2D eigenvalue weighted by Crippen LogP contribution is 2.54. The van der Waals surface area contributed by atoms with Crippen molar-refractivity contribution < 1.29 is 8.85 Å². The molecule has 2 heteroatoms. The third-order valence-corrected chi connectivity index (χ3v) is 5.74. The van der Waals surface area contributed by atoms with Crippen LogP contribution in [0.2, 0.25) is 0 Å². The zero-order valence-corrected chi connectivity index (χ0v) is 11.2. The first-order chi connectivity index (χ1) is 10.5. The van der Waals surface area contributed by atoms with Gasteiger partial charge in [0.1, 0.15) is 5.75 Å². The number of piperidine rings is 1. The lowest BCUT2D eigenvalue weighted by Gasteiger charge is -2.56. The summed E-state index contributed by atoms with van der Waals surface area (Å²) in [6.07, 6.45) is 7.37. The van der Waals surface area contributed by atoms with Crippen molar-refractivity contribution in [2.24, 2.45) is 5.92 Å². The van der Waals surface area contributed by atoms with Crippen LogP contribution in [-0.4, -0.2) is 19.6 Å². The first-order valence-electron chi connectivity index (χ1n) is 9.04. The van der Waals surface area contributed by atoms with Gasteiger partial charge in [0.05, 0.1) is 11.2 Å². The van der Waals surface area contributed by atoms with Crippen LogP contribution in [0, 0.1) is 5.92 Å². The fourth-order valence-electron chi connectivity index (χ4n) is 4.97. The Morgan fingerprint density at radius 3 is 3.32 bits per heavy atom. The van der Waals surface area contributed by atoms with E-state index in [0.717, 1.165) is 13.0 Å². The van der Waals surface area contributed by atoms with Gasteiger partial charge in [-0.25, -0.2) is 0 Å². The first-order valence-corrected chi connectivity index (χ1v) is 7.54. The minimum atomic E-state index is -2.37. The van der Waals surface area contributed by atoms with Gasteiger partial charge in [-0.3, -0.25) is 0 Å². The zero-order chi connectivity index (χ0) is 15.4. The molecule has 3 atom stereocenters. The first kappa shape index (κ1) is 9.02. The average molecular weight is 260 g/mol. The molecule has 2 aliphatic carbocycles.